The molecule has 1 fully saturated rings. The summed E-state index contributed by atoms with van der Waals surface area (Å²) in [6.45, 7) is 2.14. The first kappa shape index (κ1) is 15.0. The van der Waals surface area contributed by atoms with E-state index in [0.29, 0.717) is 6.04 Å². The molecule has 1 saturated carbocycles. The fraction of sp³-hybridized carbons (Fsp3) is 0.444. The van der Waals surface area contributed by atoms with Gasteiger partial charge in [-0.2, -0.15) is 0 Å². The quantitative estimate of drug-likeness (QED) is 0.917. The van der Waals surface area contributed by atoms with Crippen LogP contribution in [-0.2, 0) is 0 Å². The zero-order valence-corrected chi connectivity index (χ0v) is 13.0. The van der Waals surface area contributed by atoms with E-state index >= 15 is 0 Å². The molecule has 3 atom stereocenters. The SMILES string of the molecule is CC(NC1CCCCC1Oc1ccccc1)c1cnccn1. The van der Waals surface area contributed by atoms with Gasteiger partial charge in [-0.05, 0) is 38.3 Å². The molecule has 0 amide bonds. The lowest BCUT2D eigenvalue weighted by molar-refractivity contribution is 0.108. The second-order valence-electron chi connectivity index (χ2n) is 5.88. The van der Waals surface area contributed by atoms with Crippen LogP contribution in [0.2, 0.25) is 0 Å². The minimum Gasteiger partial charge on any atom is -0.489 e. The molecule has 0 aliphatic heterocycles. The molecule has 0 radical (unpaired) electrons. The van der Waals surface area contributed by atoms with Crippen LogP contribution in [0.15, 0.2) is 48.9 Å². The van der Waals surface area contributed by atoms with Crippen LogP contribution in [0.5, 0.6) is 5.75 Å². The van der Waals surface area contributed by atoms with Gasteiger partial charge >= 0.3 is 0 Å². The van der Waals surface area contributed by atoms with Gasteiger partial charge in [0.2, 0.25) is 0 Å². The Bertz CT molecular complexity index is 561. The van der Waals surface area contributed by atoms with Gasteiger partial charge in [-0.15, -0.1) is 0 Å². The van der Waals surface area contributed by atoms with Crippen molar-refractivity contribution in [1.29, 1.82) is 0 Å². The third-order valence-corrected chi connectivity index (χ3v) is 4.22. The molecule has 1 aliphatic carbocycles. The molecule has 1 heterocycles. The predicted molar refractivity (Wildman–Crippen MR) is 86.7 cm³/mol. The summed E-state index contributed by atoms with van der Waals surface area (Å²) in [4.78, 5) is 8.54. The molecule has 4 nitrogen and oxygen atoms in total. The highest BCUT2D eigenvalue weighted by Crippen LogP contribution is 2.25. The van der Waals surface area contributed by atoms with E-state index in [1.165, 1.54) is 12.8 Å². The smallest absolute Gasteiger partial charge is 0.119 e. The normalized spacial score (nSPS) is 23.0. The monoisotopic (exact) mass is 297 g/mol. The molecule has 1 aliphatic rings. The van der Waals surface area contributed by atoms with Crippen LogP contribution in [-0.4, -0.2) is 22.1 Å². The van der Waals surface area contributed by atoms with E-state index in [0.717, 1.165) is 24.3 Å². The molecule has 3 rings (SSSR count). The fourth-order valence-electron chi connectivity index (χ4n) is 3.04. The Hall–Kier alpha value is -1.94. The van der Waals surface area contributed by atoms with E-state index < -0.39 is 0 Å². The second-order valence-corrected chi connectivity index (χ2v) is 5.88. The summed E-state index contributed by atoms with van der Waals surface area (Å²) in [6, 6.07) is 10.6. The number of rotatable bonds is 5. The van der Waals surface area contributed by atoms with Crippen molar-refractivity contribution < 1.29 is 4.74 Å². The van der Waals surface area contributed by atoms with Crippen molar-refractivity contribution in [2.45, 2.75) is 50.8 Å². The summed E-state index contributed by atoms with van der Waals surface area (Å²) in [7, 11) is 0. The summed E-state index contributed by atoms with van der Waals surface area (Å²) in [6.07, 6.45) is 10.2. The summed E-state index contributed by atoms with van der Waals surface area (Å²) >= 11 is 0. The minimum atomic E-state index is 0.179. The van der Waals surface area contributed by atoms with Gasteiger partial charge in [0.1, 0.15) is 11.9 Å². The standard InChI is InChI=1S/C18H23N3O/c1-14(17-13-19-11-12-20-17)21-16-9-5-6-10-18(16)22-15-7-3-2-4-8-15/h2-4,7-8,11-14,16,18,21H,5-6,9-10H2,1H3. The second kappa shape index (κ2) is 7.36. The van der Waals surface area contributed by atoms with Gasteiger partial charge in [-0.1, -0.05) is 24.6 Å². The number of benzene rings is 1. The topological polar surface area (TPSA) is 47.0 Å². The van der Waals surface area contributed by atoms with Crippen LogP contribution in [0.3, 0.4) is 0 Å². The maximum absolute atomic E-state index is 6.21. The highest BCUT2D eigenvalue weighted by atomic mass is 16.5. The van der Waals surface area contributed by atoms with E-state index in [2.05, 4.69) is 22.2 Å². The minimum absolute atomic E-state index is 0.179. The average Bonchev–Trinajstić information content (AvgIpc) is 2.58. The maximum Gasteiger partial charge on any atom is 0.119 e. The lowest BCUT2D eigenvalue weighted by Crippen LogP contribution is -2.46. The molecule has 3 unspecified atom stereocenters. The van der Waals surface area contributed by atoms with Gasteiger partial charge in [0.05, 0.1) is 5.69 Å². The molecule has 2 aromatic rings. The van der Waals surface area contributed by atoms with Crippen molar-refractivity contribution in [2.75, 3.05) is 0 Å². The highest BCUT2D eigenvalue weighted by Gasteiger charge is 2.28. The molecule has 1 N–H and O–H groups in total. The van der Waals surface area contributed by atoms with Gasteiger partial charge in [-0.3, -0.25) is 9.97 Å². The maximum atomic E-state index is 6.21. The van der Waals surface area contributed by atoms with Crippen LogP contribution in [0, 0.1) is 0 Å². The van der Waals surface area contributed by atoms with Crippen molar-refractivity contribution in [3.05, 3.63) is 54.6 Å². The molecule has 0 spiro atoms. The summed E-state index contributed by atoms with van der Waals surface area (Å²) < 4.78 is 6.21. The van der Waals surface area contributed by atoms with Crippen molar-refractivity contribution in [2.24, 2.45) is 0 Å². The van der Waals surface area contributed by atoms with Gasteiger partial charge < -0.3 is 10.1 Å². The number of hydrogen-bond acceptors (Lipinski definition) is 4. The largest absolute Gasteiger partial charge is 0.489 e. The summed E-state index contributed by atoms with van der Waals surface area (Å²) in [5.41, 5.74) is 0.978. The van der Waals surface area contributed by atoms with Crippen LogP contribution in [0.4, 0.5) is 0 Å². The number of hydrogen-bond donors (Lipinski definition) is 1. The van der Waals surface area contributed by atoms with E-state index in [9.17, 15) is 0 Å². The van der Waals surface area contributed by atoms with Gasteiger partial charge in [-0.25, -0.2) is 0 Å². The Labute approximate surface area is 132 Å². The molecule has 4 heteroatoms. The summed E-state index contributed by atoms with van der Waals surface area (Å²) in [5.74, 6) is 0.952. The van der Waals surface area contributed by atoms with Gasteiger partial charge in [0.25, 0.3) is 0 Å². The molecule has 0 bridgehead atoms. The number of aromatic nitrogens is 2. The number of para-hydroxylation sites is 1. The van der Waals surface area contributed by atoms with Crippen molar-refractivity contribution in [3.8, 4) is 5.75 Å². The van der Waals surface area contributed by atoms with Gasteiger partial charge in [0.15, 0.2) is 0 Å². The van der Waals surface area contributed by atoms with Crippen LogP contribution >= 0.6 is 0 Å². The van der Waals surface area contributed by atoms with Crippen LogP contribution in [0.1, 0.15) is 44.3 Å². The number of nitrogens with one attached hydrogen (secondary N) is 1. The van der Waals surface area contributed by atoms with Crippen molar-refractivity contribution >= 4 is 0 Å². The Morgan fingerprint density at radius 1 is 1.14 bits per heavy atom. The first-order chi connectivity index (χ1) is 10.8. The fourth-order valence-corrected chi connectivity index (χ4v) is 3.04. The van der Waals surface area contributed by atoms with E-state index in [1.807, 2.05) is 36.5 Å². The molecule has 1 aromatic heterocycles. The van der Waals surface area contributed by atoms with Crippen LogP contribution < -0.4 is 10.1 Å². The average molecular weight is 297 g/mol. The Morgan fingerprint density at radius 3 is 2.73 bits per heavy atom. The summed E-state index contributed by atoms with van der Waals surface area (Å²) in [5, 5.41) is 3.68. The zero-order chi connectivity index (χ0) is 15.2. The molecular weight excluding hydrogens is 274 g/mol. The molecule has 0 saturated heterocycles. The van der Waals surface area contributed by atoms with Crippen molar-refractivity contribution in [3.63, 3.8) is 0 Å². The highest BCUT2D eigenvalue weighted by molar-refractivity contribution is 5.21. The third-order valence-electron chi connectivity index (χ3n) is 4.22. The lowest BCUT2D eigenvalue weighted by Gasteiger charge is -2.34. The predicted octanol–water partition coefficient (Wildman–Crippen LogP) is 3.52. The molecule has 1 aromatic carbocycles. The van der Waals surface area contributed by atoms with E-state index in [1.54, 1.807) is 12.4 Å². The molecule has 22 heavy (non-hydrogen) atoms. The Kier molecular flexibility index (Phi) is 5.01. The Morgan fingerprint density at radius 2 is 1.95 bits per heavy atom. The lowest BCUT2D eigenvalue weighted by atomic mass is 9.91. The number of ether oxygens (including phenoxy) is 1. The van der Waals surface area contributed by atoms with Gasteiger partial charge in [0, 0.05) is 30.7 Å². The third kappa shape index (κ3) is 3.83. The number of nitrogens with zero attached hydrogens (tertiary/aromatic N) is 2. The molecular formula is C18H23N3O. The van der Waals surface area contributed by atoms with E-state index in [-0.39, 0.29) is 12.1 Å². The Balaban J connectivity index is 1.65. The zero-order valence-electron chi connectivity index (χ0n) is 13.0. The van der Waals surface area contributed by atoms with Crippen molar-refractivity contribution in [1.82, 2.24) is 15.3 Å². The van der Waals surface area contributed by atoms with Crippen LogP contribution in [0.25, 0.3) is 0 Å². The molecule has 116 valence electrons. The first-order valence-corrected chi connectivity index (χ1v) is 8.06. The first-order valence-electron chi connectivity index (χ1n) is 8.06. The van der Waals surface area contributed by atoms with E-state index in [4.69, 9.17) is 4.74 Å².